The van der Waals surface area contributed by atoms with Crippen LogP contribution >= 0.6 is 0 Å². The third-order valence-electron chi connectivity index (χ3n) is 5.15. The number of nitrogens with zero attached hydrogens (tertiary/aromatic N) is 1. The van der Waals surface area contributed by atoms with Crippen molar-refractivity contribution in [3.8, 4) is 5.75 Å². The predicted molar refractivity (Wildman–Crippen MR) is 114 cm³/mol. The van der Waals surface area contributed by atoms with E-state index in [0.717, 1.165) is 37.3 Å². The van der Waals surface area contributed by atoms with E-state index in [4.69, 9.17) is 0 Å². The van der Waals surface area contributed by atoms with E-state index in [1.165, 1.54) is 34.6 Å². The molecule has 174 valence electrons. The lowest BCUT2D eigenvalue weighted by Crippen LogP contribution is -2.31. The van der Waals surface area contributed by atoms with Gasteiger partial charge in [-0.15, -0.1) is 13.2 Å². The smallest absolute Gasteiger partial charge is 0.404 e. The molecule has 1 N–H and O–H groups in total. The monoisotopic (exact) mass is 470 g/mol. The highest BCUT2D eigenvalue weighted by Crippen LogP contribution is 2.30. The molecule has 0 unspecified atom stereocenters. The van der Waals surface area contributed by atoms with Gasteiger partial charge in [-0.05, 0) is 49.1 Å². The van der Waals surface area contributed by atoms with Gasteiger partial charge in [0, 0.05) is 19.5 Å². The summed E-state index contributed by atoms with van der Waals surface area (Å²) < 4.78 is 68.6. The third kappa shape index (κ3) is 6.70. The maximum absolute atomic E-state index is 12.8. The minimum Gasteiger partial charge on any atom is -0.404 e. The Morgan fingerprint density at radius 2 is 1.59 bits per heavy atom. The van der Waals surface area contributed by atoms with Crippen LogP contribution in [0.15, 0.2) is 53.4 Å². The maximum atomic E-state index is 12.8. The van der Waals surface area contributed by atoms with Crippen molar-refractivity contribution < 1.29 is 31.1 Å². The van der Waals surface area contributed by atoms with Gasteiger partial charge in [0.15, 0.2) is 5.75 Å². The van der Waals surface area contributed by atoms with Gasteiger partial charge in [-0.1, -0.05) is 37.1 Å². The van der Waals surface area contributed by atoms with Crippen molar-refractivity contribution in [2.24, 2.45) is 0 Å². The minimum atomic E-state index is -4.86. The molecule has 1 amide bonds. The number of carbonyl (C=O) groups excluding carboxylic acids is 1. The number of para-hydroxylation sites is 2. The van der Waals surface area contributed by atoms with Crippen LogP contribution in [-0.2, 0) is 21.2 Å². The van der Waals surface area contributed by atoms with Gasteiger partial charge in [0.1, 0.15) is 0 Å². The quantitative estimate of drug-likeness (QED) is 0.635. The summed E-state index contributed by atoms with van der Waals surface area (Å²) in [5.74, 6) is -0.971. The van der Waals surface area contributed by atoms with Gasteiger partial charge in [-0.2, -0.15) is 4.31 Å². The number of hydrogen-bond acceptors (Lipinski definition) is 4. The molecule has 1 fully saturated rings. The molecule has 0 aromatic heterocycles. The largest absolute Gasteiger partial charge is 0.573 e. The van der Waals surface area contributed by atoms with Crippen molar-refractivity contribution in [1.29, 1.82) is 0 Å². The number of amides is 1. The number of aryl methyl sites for hydroxylation is 1. The Kier molecular flexibility index (Phi) is 7.78. The molecule has 1 aliphatic rings. The number of hydrogen-bond donors (Lipinski definition) is 1. The molecule has 1 aliphatic heterocycles. The van der Waals surface area contributed by atoms with Gasteiger partial charge in [-0.25, -0.2) is 8.42 Å². The van der Waals surface area contributed by atoms with Crippen molar-refractivity contribution >= 4 is 21.6 Å². The molecular weight excluding hydrogens is 445 g/mol. The molecule has 0 atom stereocenters. The highest BCUT2D eigenvalue weighted by atomic mass is 32.2. The Bertz CT molecular complexity index is 1020. The second-order valence-corrected chi connectivity index (χ2v) is 9.49. The lowest BCUT2D eigenvalue weighted by Gasteiger charge is -2.20. The number of nitrogens with one attached hydrogen (secondary N) is 1. The Balaban J connectivity index is 1.58. The molecule has 2 aromatic carbocycles. The Labute approximate surface area is 185 Å². The van der Waals surface area contributed by atoms with Crippen molar-refractivity contribution in [3.05, 3.63) is 54.1 Å². The molecule has 1 heterocycles. The van der Waals surface area contributed by atoms with Gasteiger partial charge < -0.3 is 10.1 Å². The lowest BCUT2D eigenvalue weighted by molar-refractivity contribution is -0.274. The van der Waals surface area contributed by atoms with E-state index >= 15 is 0 Å². The molecule has 6 nitrogen and oxygen atoms in total. The number of alkyl halides is 3. The number of carbonyl (C=O) groups is 1. The summed E-state index contributed by atoms with van der Waals surface area (Å²) in [7, 11) is -3.55. The average molecular weight is 471 g/mol. The van der Waals surface area contributed by atoms with E-state index in [1.54, 1.807) is 12.1 Å². The first kappa shape index (κ1) is 24.1. The normalized spacial score (nSPS) is 15.7. The zero-order valence-electron chi connectivity index (χ0n) is 17.4. The summed E-state index contributed by atoms with van der Waals surface area (Å²) in [6, 6.07) is 11.7. The fraction of sp³-hybridized carbons (Fsp3) is 0.409. The van der Waals surface area contributed by atoms with Gasteiger partial charge in [0.05, 0.1) is 10.6 Å². The van der Waals surface area contributed by atoms with Gasteiger partial charge >= 0.3 is 6.36 Å². The molecular formula is C22H25F3N2O4S. The number of anilines is 1. The third-order valence-corrected chi connectivity index (χ3v) is 7.07. The first-order chi connectivity index (χ1) is 15.1. The van der Waals surface area contributed by atoms with Crippen molar-refractivity contribution in [2.75, 3.05) is 18.4 Å². The Hall–Kier alpha value is -2.59. The SMILES string of the molecule is O=C(CCc1ccc(S(=O)(=O)N2CCCCCC2)cc1)Nc1ccccc1OC(F)(F)F. The van der Waals surface area contributed by atoms with Crippen LogP contribution in [0.5, 0.6) is 5.75 Å². The summed E-state index contributed by atoms with van der Waals surface area (Å²) >= 11 is 0. The van der Waals surface area contributed by atoms with Crippen molar-refractivity contribution in [1.82, 2.24) is 4.31 Å². The molecule has 0 spiro atoms. The molecule has 0 saturated carbocycles. The standard InChI is InChI=1S/C22H25F3N2O4S/c23-22(24,25)31-20-8-4-3-7-19(20)26-21(28)14-11-17-9-12-18(13-10-17)32(29,30)27-15-5-1-2-6-16-27/h3-4,7-10,12-13H,1-2,5-6,11,14-16H2,(H,26,28). The zero-order chi connectivity index (χ0) is 23.2. The summed E-state index contributed by atoms with van der Waals surface area (Å²) in [4.78, 5) is 12.4. The molecule has 3 rings (SSSR count). The first-order valence-corrected chi connectivity index (χ1v) is 11.8. The number of ether oxygens (including phenoxy) is 1. The average Bonchev–Trinajstić information content (AvgIpc) is 3.03. The Morgan fingerprint density at radius 1 is 0.969 bits per heavy atom. The highest BCUT2D eigenvalue weighted by Gasteiger charge is 2.32. The zero-order valence-corrected chi connectivity index (χ0v) is 18.2. The van der Waals surface area contributed by atoms with Crippen LogP contribution in [0.3, 0.4) is 0 Å². The fourth-order valence-electron chi connectivity index (χ4n) is 3.51. The highest BCUT2D eigenvalue weighted by molar-refractivity contribution is 7.89. The van der Waals surface area contributed by atoms with Crippen LogP contribution in [0, 0.1) is 0 Å². The predicted octanol–water partition coefficient (Wildman–Crippen LogP) is 4.72. The maximum Gasteiger partial charge on any atom is 0.573 e. The molecule has 0 aliphatic carbocycles. The van der Waals surface area contributed by atoms with Crippen LogP contribution < -0.4 is 10.1 Å². The summed E-state index contributed by atoms with van der Waals surface area (Å²) in [6.07, 6.45) is -0.792. The van der Waals surface area contributed by atoms with Gasteiger partial charge in [0.2, 0.25) is 15.9 Å². The number of rotatable bonds is 7. The molecule has 1 saturated heterocycles. The number of halogens is 3. The van der Waals surface area contributed by atoms with Crippen molar-refractivity contribution in [2.45, 2.75) is 49.8 Å². The van der Waals surface area contributed by atoms with Crippen LogP contribution in [-0.4, -0.2) is 38.1 Å². The van der Waals surface area contributed by atoms with Crippen molar-refractivity contribution in [3.63, 3.8) is 0 Å². The molecule has 32 heavy (non-hydrogen) atoms. The van der Waals surface area contributed by atoms with Crippen LogP contribution in [0.2, 0.25) is 0 Å². The topological polar surface area (TPSA) is 75.7 Å². The fourth-order valence-corrected chi connectivity index (χ4v) is 5.03. The van der Waals surface area contributed by atoms with E-state index < -0.39 is 28.0 Å². The minimum absolute atomic E-state index is 0.0125. The number of sulfonamides is 1. The number of benzene rings is 2. The molecule has 10 heteroatoms. The summed E-state index contributed by atoms with van der Waals surface area (Å²) in [6.45, 7) is 1.04. The Morgan fingerprint density at radius 3 is 2.22 bits per heavy atom. The first-order valence-electron chi connectivity index (χ1n) is 10.4. The van der Waals surface area contributed by atoms with E-state index in [0.29, 0.717) is 19.5 Å². The van der Waals surface area contributed by atoms with Gasteiger partial charge in [0.25, 0.3) is 0 Å². The summed E-state index contributed by atoms with van der Waals surface area (Å²) in [5.41, 5.74) is 0.670. The van der Waals surface area contributed by atoms with E-state index in [-0.39, 0.29) is 17.0 Å². The molecule has 0 bridgehead atoms. The molecule has 0 radical (unpaired) electrons. The van der Waals surface area contributed by atoms with Crippen LogP contribution in [0.1, 0.15) is 37.7 Å². The van der Waals surface area contributed by atoms with Gasteiger partial charge in [-0.3, -0.25) is 4.79 Å². The lowest BCUT2D eigenvalue weighted by atomic mass is 10.1. The van der Waals surface area contributed by atoms with Crippen LogP contribution in [0.25, 0.3) is 0 Å². The van der Waals surface area contributed by atoms with E-state index in [9.17, 15) is 26.4 Å². The second-order valence-electron chi connectivity index (χ2n) is 7.55. The molecule has 2 aromatic rings. The van der Waals surface area contributed by atoms with Crippen LogP contribution in [0.4, 0.5) is 18.9 Å². The second kappa shape index (κ2) is 10.4. The van der Waals surface area contributed by atoms with E-state index in [2.05, 4.69) is 10.1 Å². The van der Waals surface area contributed by atoms with E-state index in [1.807, 2.05) is 0 Å². The summed E-state index contributed by atoms with van der Waals surface area (Å²) in [5, 5.41) is 2.42.